The number of para-hydroxylation sites is 2. The normalized spacial score (nSPS) is 15.7. The Bertz CT molecular complexity index is 1310. The molecule has 1 aliphatic rings. The molecule has 180 valence electrons. The highest BCUT2D eigenvalue weighted by Gasteiger charge is 2.26. The van der Waals surface area contributed by atoms with Crippen molar-refractivity contribution in [2.75, 3.05) is 31.6 Å². The lowest BCUT2D eigenvalue weighted by Gasteiger charge is -2.26. The number of nitrogens with zero attached hydrogens (tertiary/aromatic N) is 3. The van der Waals surface area contributed by atoms with Gasteiger partial charge in [-0.25, -0.2) is 13.4 Å². The average Bonchev–Trinajstić information content (AvgIpc) is 3.18. The number of ether oxygens (including phenoxy) is 1. The van der Waals surface area contributed by atoms with E-state index in [1.807, 2.05) is 24.3 Å². The maximum Gasteiger partial charge on any atom is 0.244 e. The molecule has 10 nitrogen and oxygen atoms in total. The molecule has 0 radical (unpaired) electrons. The second-order valence-electron chi connectivity index (χ2n) is 8.06. The molecule has 11 heteroatoms. The Morgan fingerprint density at radius 1 is 1.12 bits per heavy atom. The fourth-order valence-electron chi connectivity index (χ4n) is 3.97. The number of sulfonamides is 1. The highest BCUT2D eigenvalue weighted by Crippen LogP contribution is 2.23. The molecule has 1 aliphatic heterocycles. The van der Waals surface area contributed by atoms with E-state index in [0.717, 1.165) is 5.52 Å². The predicted molar refractivity (Wildman–Crippen MR) is 127 cm³/mol. The molecule has 1 fully saturated rings. The summed E-state index contributed by atoms with van der Waals surface area (Å²) in [6.07, 6.45) is 0. The molecule has 4 rings (SSSR count). The summed E-state index contributed by atoms with van der Waals surface area (Å²) in [7, 11) is -3.68. The molecule has 2 N–H and O–H groups in total. The van der Waals surface area contributed by atoms with Crippen molar-refractivity contribution in [1.82, 2.24) is 19.2 Å². The van der Waals surface area contributed by atoms with Crippen molar-refractivity contribution < 1.29 is 22.7 Å². The summed E-state index contributed by atoms with van der Waals surface area (Å²) in [5.74, 6) is 0.00407. The highest BCUT2D eigenvalue weighted by atomic mass is 32.2. The van der Waals surface area contributed by atoms with Crippen molar-refractivity contribution in [3.63, 3.8) is 0 Å². The Morgan fingerprint density at radius 3 is 2.59 bits per heavy atom. The zero-order valence-corrected chi connectivity index (χ0v) is 19.8. The molecule has 2 amide bonds. The SMILES string of the molecule is CC(=O)NC(C)c1nc2ccccc2n1CC(=O)Nc1cccc(S(=O)(=O)N2CCOCC2)c1. The Hall–Kier alpha value is -3.28. The van der Waals surface area contributed by atoms with Gasteiger partial charge in [-0.15, -0.1) is 0 Å². The molecular weight excluding hydrogens is 458 g/mol. The maximum atomic E-state index is 13.0. The molecule has 1 aromatic heterocycles. The minimum Gasteiger partial charge on any atom is -0.379 e. The van der Waals surface area contributed by atoms with E-state index in [2.05, 4.69) is 15.6 Å². The van der Waals surface area contributed by atoms with Crippen LogP contribution in [0.2, 0.25) is 0 Å². The van der Waals surface area contributed by atoms with E-state index in [-0.39, 0.29) is 23.3 Å². The fraction of sp³-hybridized carbons (Fsp3) is 0.348. The van der Waals surface area contributed by atoms with Crippen molar-refractivity contribution in [2.24, 2.45) is 0 Å². The van der Waals surface area contributed by atoms with E-state index in [1.165, 1.54) is 23.4 Å². The first-order chi connectivity index (χ1) is 16.3. The molecule has 0 saturated carbocycles. The van der Waals surface area contributed by atoms with E-state index in [4.69, 9.17) is 4.74 Å². The van der Waals surface area contributed by atoms with Crippen molar-refractivity contribution in [3.8, 4) is 0 Å². The molecule has 34 heavy (non-hydrogen) atoms. The van der Waals surface area contributed by atoms with Crippen molar-refractivity contribution in [3.05, 3.63) is 54.4 Å². The van der Waals surface area contributed by atoms with Gasteiger partial charge in [0, 0.05) is 25.7 Å². The standard InChI is InChI=1S/C23H27N5O5S/c1-16(24-17(2)29)23-26-20-8-3-4-9-21(20)28(23)15-22(30)25-18-6-5-7-19(14-18)34(31,32)27-10-12-33-13-11-27/h3-9,14,16H,10-13,15H2,1-2H3,(H,24,29)(H,25,30). The van der Waals surface area contributed by atoms with Gasteiger partial charge in [-0.05, 0) is 37.3 Å². The third kappa shape index (κ3) is 5.11. The van der Waals surface area contributed by atoms with Crippen LogP contribution in [0.4, 0.5) is 5.69 Å². The van der Waals surface area contributed by atoms with Gasteiger partial charge in [-0.1, -0.05) is 18.2 Å². The van der Waals surface area contributed by atoms with Gasteiger partial charge in [0.25, 0.3) is 0 Å². The lowest BCUT2D eigenvalue weighted by Crippen LogP contribution is -2.40. The van der Waals surface area contributed by atoms with Gasteiger partial charge in [-0.2, -0.15) is 4.31 Å². The van der Waals surface area contributed by atoms with Crippen LogP contribution < -0.4 is 10.6 Å². The first-order valence-corrected chi connectivity index (χ1v) is 12.4. The number of hydrogen-bond acceptors (Lipinski definition) is 6. The fourth-order valence-corrected chi connectivity index (χ4v) is 5.43. The lowest BCUT2D eigenvalue weighted by atomic mass is 10.3. The van der Waals surface area contributed by atoms with E-state index < -0.39 is 16.1 Å². The number of aromatic nitrogens is 2. The van der Waals surface area contributed by atoms with Gasteiger partial charge in [0.05, 0.1) is 35.2 Å². The van der Waals surface area contributed by atoms with Crippen LogP contribution in [0.3, 0.4) is 0 Å². The molecule has 2 aromatic carbocycles. The Balaban J connectivity index is 1.56. The minimum absolute atomic E-state index is 0.0553. The van der Waals surface area contributed by atoms with Crippen LogP contribution in [-0.4, -0.2) is 60.4 Å². The van der Waals surface area contributed by atoms with Crippen LogP contribution >= 0.6 is 0 Å². The van der Waals surface area contributed by atoms with Gasteiger partial charge in [0.15, 0.2) is 0 Å². The third-order valence-electron chi connectivity index (χ3n) is 5.52. The largest absolute Gasteiger partial charge is 0.379 e. The number of carbonyl (C=O) groups is 2. The van der Waals surface area contributed by atoms with Gasteiger partial charge in [0.2, 0.25) is 21.8 Å². The molecule has 1 atom stereocenters. The first-order valence-electron chi connectivity index (χ1n) is 11.0. The number of morpholine rings is 1. The molecule has 2 heterocycles. The van der Waals surface area contributed by atoms with Crippen LogP contribution in [0.5, 0.6) is 0 Å². The molecular formula is C23H27N5O5S. The van der Waals surface area contributed by atoms with Crippen LogP contribution in [0.15, 0.2) is 53.4 Å². The third-order valence-corrected chi connectivity index (χ3v) is 7.41. The molecule has 0 aliphatic carbocycles. The smallest absolute Gasteiger partial charge is 0.244 e. The van der Waals surface area contributed by atoms with Crippen molar-refractivity contribution in [1.29, 1.82) is 0 Å². The van der Waals surface area contributed by atoms with E-state index >= 15 is 0 Å². The number of hydrogen-bond donors (Lipinski definition) is 2. The van der Waals surface area contributed by atoms with Crippen LogP contribution in [0.1, 0.15) is 25.7 Å². The highest BCUT2D eigenvalue weighted by molar-refractivity contribution is 7.89. The zero-order chi connectivity index (χ0) is 24.3. The average molecular weight is 486 g/mol. The van der Waals surface area contributed by atoms with Gasteiger partial charge in [-0.3, -0.25) is 9.59 Å². The summed E-state index contributed by atoms with van der Waals surface area (Å²) < 4.78 is 34.3. The Kier molecular flexibility index (Phi) is 6.96. The lowest BCUT2D eigenvalue weighted by molar-refractivity contribution is -0.119. The second-order valence-corrected chi connectivity index (χ2v) is 10.00. The molecule has 3 aromatic rings. The van der Waals surface area contributed by atoms with Crippen molar-refractivity contribution in [2.45, 2.75) is 31.3 Å². The number of amides is 2. The van der Waals surface area contributed by atoms with E-state index in [1.54, 1.807) is 23.6 Å². The Labute approximate surface area is 198 Å². The number of rotatable bonds is 7. The summed E-state index contributed by atoms with van der Waals surface area (Å²) in [6.45, 7) is 4.47. The summed E-state index contributed by atoms with van der Waals surface area (Å²) in [5.41, 5.74) is 1.84. The number of benzene rings is 2. The first kappa shape index (κ1) is 23.9. The number of fused-ring (bicyclic) bond motifs is 1. The summed E-state index contributed by atoms with van der Waals surface area (Å²) in [6, 6.07) is 13.2. The zero-order valence-electron chi connectivity index (χ0n) is 19.0. The summed E-state index contributed by atoms with van der Waals surface area (Å²) >= 11 is 0. The van der Waals surface area contributed by atoms with Crippen LogP contribution in [0, 0.1) is 0 Å². The Morgan fingerprint density at radius 2 is 1.85 bits per heavy atom. The molecule has 0 spiro atoms. The second kappa shape index (κ2) is 9.92. The topological polar surface area (TPSA) is 123 Å². The number of carbonyl (C=O) groups excluding carboxylic acids is 2. The van der Waals surface area contributed by atoms with E-state index in [9.17, 15) is 18.0 Å². The number of anilines is 1. The molecule has 0 bridgehead atoms. The van der Waals surface area contributed by atoms with Crippen LogP contribution in [-0.2, 0) is 30.9 Å². The van der Waals surface area contributed by atoms with Crippen molar-refractivity contribution >= 4 is 38.6 Å². The van der Waals surface area contributed by atoms with Gasteiger partial charge < -0.3 is 19.9 Å². The summed E-state index contributed by atoms with van der Waals surface area (Å²) in [4.78, 5) is 29.2. The van der Waals surface area contributed by atoms with Crippen LogP contribution in [0.25, 0.3) is 11.0 Å². The molecule has 1 saturated heterocycles. The number of imidazole rings is 1. The van der Waals surface area contributed by atoms with Gasteiger partial charge >= 0.3 is 0 Å². The van der Waals surface area contributed by atoms with Gasteiger partial charge in [0.1, 0.15) is 12.4 Å². The number of nitrogens with one attached hydrogen (secondary N) is 2. The molecule has 1 unspecified atom stereocenters. The monoisotopic (exact) mass is 485 g/mol. The minimum atomic E-state index is -3.68. The summed E-state index contributed by atoms with van der Waals surface area (Å²) in [5, 5.41) is 5.59. The van der Waals surface area contributed by atoms with E-state index in [0.29, 0.717) is 43.3 Å². The predicted octanol–water partition coefficient (Wildman–Crippen LogP) is 1.89. The quantitative estimate of drug-likeness (QED) is 0.527. The maximum absolute atomic E-state index is 13.0.